The molecule has 1 rings (SSSR count). The third kappa shape index (κ3) is 2.98. The number of terminal acetylenes is 1. The van der Waals surface area contributed by atoms with Crippen molar-refractivity contribution >= 4 is 17.5 Å². The van der Waals surface area contributed by atoms with E-state index in [0.29, 0.717) is 23.7 Å². The van der Waals surface area contributed by atoms with E-state index in [1.165, 1.54) is 6.20 Å². The molecule has 1 aromatic heterocycles. The Morgan fingerprint density at radius 2 is 2.44 bits per heavy atom. The topological polar surface area (TPSA) is 33.2 Å². The molecule has 16 heavy (non-hydrogen) atoms. The molecule has 0 N–H and O–H groups in total. The first-order valence-electron chi connectivity index (χ1n) is 5.03. The summed E-state index contributed by atoms with van der Waals surface area (Å²) < 4.78 is 0. The Morgan fingerprint density at radius 1 is 1.69 bits per heavy atom. The van der Waals surface area contributed by atoms with Crippen LogP contribution in [0.1, 0.15) is 23.7 Å². The molecule has 0 radical (unpaired) electrons. The third-order valence-corrected chi connectivity index (χ3v) is 2.37. The van der Waals surface area contributed by atoms with Crippen LogP contribution in [-0.2, 0) is 0 Å². The number of hydrogen-bond donors (Lipinski definition) is 0. The van der Waals surface area contributed by atoms with Crippen molar-refractivity contribution in [2.75, 3.05) is 13.1 Å². The number of amides is 1. The van der Waals surface area contributed by atoms with Crippen molar-refractivity contribution in [3.05, 3.63) is 29.0 Å². The lowest BCUT2D eigenvalue weighted by atomic mass is 10.2. The maximum absolute atomic E-state index is 12.1. The van der Waals surface area contributed by atoms with Gasteiger partial charge in [0.2, 0.25) is 0 Å². The smallest absolute Gasteiger partial charge is 0.256 e. The molecule has 0 saturated carbocycles. The molecule has 0 saturated heterocycles. The van der Waals surface area contributed by atoms with Crippen LogP contribution in [0, 0.1) is 12.3 Å². The Hall–Kier alpha value is -1.53. The van der Waals surface area contributed by atoms with Crippen molar-refractivity contribution in [1.29, 1.82) is 0 Å². The molecule has 0 spiro atoms. The lowest BCUT2D eigenvalue weighted by Crippen LogP contribution is -2.32. The molecule has 0 aliphatic carbocycles. The number of aromatic nitrogens is 1. The van der Waals surface area contributed by atoms with E-state index in [0.717, 1.165) is 6.42 Å². The van der Waals surface area contributed by atoms with Crippen molar-refractivity contribution < 1.29 is 4.79 Å². The second-order valence-electron chi connectivity index (χ2n) is 3.29. The van der Waals surface area contributed by atoms with Gasteiger partial charge in [-0.05, 0) is 12.5 Å². The molecule has 0 atom stereocenters. The van der Waals surface area contributed by atoms with E-state index < -0.39 is 0 Å². The summed E-state index contributed by atoms with van der Waals surface area (Å²) in [4.78, 5) is 17.5. The van der Waals surface area contributed by atoms with E-state index in [1.54, 1.807) is 17.2 Å². The van der Waals surface area contributed by atoms with E-state index in [2.05, 4.69) is 10.9 Å². The van der Waals surface area contributed by atoms with Gasteiger partial charge in [0.05, 0.1) is 17.1 Å². The van der Waals surface area contributed by atoms with E-state index in [9.17, 15) is 4.79 Å². The highest BCUT2D eigenvalue weighted by Crippen LogP contribution is 2.15. The van der Waals surface area contributed by atoms with Gasteiger partial charge in [0, 0.05) is 18.9 Å². The number of carbonyl (C=O) groups is 1. The van der Waals surface area contributed by atoms with Crippen LogP contribution >= 0.6 is 11.6 Å². The van der Waals surface area contributed by atoms with Gasteiger partial charge in [-0.15, -0.1) is 6.42 Å². The molecule has 1 aromatic rings. The zero-order chi connectivity index (χ0) is 12.0. The third-order valence-electron chi connectivity index (χ3n) is 2.07. The van der Waals surface area contributed by atoms with Gasteiger partial charge in [-0.2, -0.15) is 0 Å². The fourth-order valence-corrected chi connectivity index (χ4v) is 1.55. The van der Waals surface area contributed by atoms with Crippen LogP contribution in [-0.4, -0.2) is 28.9 Å². The normalized spacial score (nSPS) is 9.56. The van der Waals surface area contributed by atoms with Gasteiger partial charge in [0.15, 0.2) is 0 Å². The first kappa shape index (κ1) is 12.5. The van der Waals surface area contributed by atoms with Crippen molar-refractivity contribution in [1.82, 2.24) is 9.88 Å². The van der Waals surface area contributed by atoms with E-state index in [1.807, 2.05) is 6.92 Å². The summed E-state index contributed by atoms with van der Waals surface area (Å²) >= 11 is 5.90. The summed E-state index contributed by atoms with van der Waals surface area (Å²) in [6, 6.07) is 1.60. The zero-order valence-electron chi connectivity index (χ0n) is 9.11. The molecule has 4 heteroatoms. The average molecular weight is 237 g/mol. The first-order chi connectivity index (χ1) is 7.70. The maximum atomic E-state index is 12.1. The molecule has 84 valence electrons. The van der Waals surface area contributed by atoms with Crippen molar-refractivity contribution in [2.45, 2.75) is 13.3 Å². The number of rotatable bonds is 4. The van der Waals surface area contributed by atoms with Crippen LogP contribution in [0.5, 0.6) is 0 Å². The molecular formula is C12H13ClN2O. The predicted molar refractivity (Wildman–Crippen MR) is 64.3 cm³/mol. The molecule has 1 amide bonds. The van der Waals surface area contributed by atoms with Crippen molar-refractivity contribution in [3.63, 3.8) is 0 Å². The lowest BCUT2D eigenvalue weighted by molar-refractivity contribution is 0.0777. The summed E-state index contributed by atoms with van der Waals surface area (Å²) in [6.07, 6.45) is 9.08. The fourth-order valence-electron chi connectivity index (χ4n) is 1.35. The van der Waals surface area contributed by atoms with Gasteiger partial charge < -0.3 is 4.90 Å². The van der Waals surface area contributed by atoms with Crippen LogP contribution in [0.4, 0.5) is 0 Å². The molecule has 0 bridgehead atoms. The highest BCUT2D eigenvalue weighted by atomic mass is 35.5. The Kier molecular flexibility index (Phi) is 4.81. The quantitative estimate of drug-likeness (QED) is 0.751. The Morgan fingerprint density at radius 3 is 3.00 bits per heavy atom. The number of pyridine rings is 1. The Bertz CT molecular complexity index is 412. The van der Waals surface area contributed by atoms with E-state index in [-0.39, 0.29) is 5.91 Å². The summed E-state index contributed by atoms with van der Waals surface area (Å²) in [6.45, 7) is 2.91. The minimum absolute atomic E-state index is 0.146. The van der Waals surface area contributed by atoms with Gasteiger partial charge in [0.25, 0.3) is 5.91 Å². The molecule has 0 fully saturated rings. The largest absolute Gasteiger partial charge is 0.327 e. The Balaban J connectivity index is 2.91. The molecule has 0 aliphatic rings. The summed E-state index contributed by atoms with van der Waals surface area (Å²) in [5.41, 5.74) is 0.445. The highest BCUT2D eigenvalue weighted by Gasteiger charge is 2.16. The zero-order valence-corrected chi connectivity index (χ0v) is 9.87. The van der Waals surface area contributed by atoms with Gasteiger partial charge in [-0.25, -0.2) is 0 Å². The van der Waals surface area contributed by atoms with Crippen molar-refractivity contribution in [3.8, 4) is 12.3 Å². The molecule has 3 nitrogen and oxygen atoms in total. The molecule has 0 aromatic carbocycles. The second kappa shape index (κ2) is 6.14. The van der Waals surface area contributed by atoms with E-state index >= 15 is 0 Å². The summed E-state index contributed by atoms with van der Waals surface area (Å²) in [5.74, 6) is 2.32. The minimum Gasteiger partial charge on any atom is -0.327 e. The van der Waals surface area contributed by atoms with Gasteiger partial charge in [-0.3, -0.25) is 9.78 Å². The van der Waals surface area contributed by atoms with E-state index in [4.69, 9.17) is 18.0 Å². The number of carbonyl (C=O) groups excluding carboxylic acids is 1. The lowest BCUT2D eigenvalue weighted by Gasteiger charge is -2.19. The number of nitrogens with zero attached hydrogens (tertiary/aromatic N) is 2. The van der Waals surface area contributed by atoms with Crippen LogP contribution in [0.15, 0.2) is 18.5 Å². The first-order valence-corrected chi connectivity index (χ1v) is 5.40. The molecule has 1 heterocycles. The fraction of sp³-hybridized carbons (Fsp3) is 0.333. The SMILES string of the molecule is C#CCN(CCC)C(=O)c1ccncc1Cl. The maximum Gasteiger partial charge on any atom is 0.256 e. The predicted octanol–water partition coefficient (Wildman–Crippen LogP) is 2.22. The van der Waals surface area contributed by atoms with Crippen LogP contribution in [0.3, 0.4) is 0 Å². The van der Waals surface area contributed by atoms with Crippen molar-refractivity contribution in [2.24, 2.45) is 0 Å². The summed E-state index contributed by atoms with van der Waals surface area (Å²) in [7, 11) is 0. The van der Waals surface area contributed by atoms with Crippen LogP contribution in [0.2, 0.25) is 5.02 Å². The monoisotopic (exact) mass is 236 g/mol. The summed E-state index contributed by atoms with van der Waals surface area (Å²) in [5, 5.41) is 0.352. The molecule has 0 aliphatic heterocycles. The van der Waals surface area contributed by atoms with Gasteiger partial charge in [-0.1, -0.05) is 24.4 Å². The standard InChI is InChI=1S/C12H13ClN2O/c1-3-7-15(8-4-2)12(16)10-5-6-14-9-11(10)13/h1,5-6,9H,4,7-8H2,2H3. The number of hydrogen-bond acceptors (Lipinski definition) is 2. The van der Waals surface area contributed by atoms with Crippen LogP contribution in [0.25, 0.3) is 0 Å². The van der Waals surface area contributed by atoms with Crippen LogP contribution < -0.4 is 0 Å². The van der Waals surface area contributed by atoms with Gasteiger partial charge in [0.1, 0.15) is 0 Å². The van der Waals surface area contributed by atoms with Gasteiger partial charge >= 0.3 is 0 Å². The molecular weight excluding hydrogens is 224 g/mol. The average Bonchev–Trinajstić information content (AvgIpc) is 2.28. The molecule has 0 unspecified atom stereocenters. The second-order valence-corrected chi connectivity index (χ2v) is 3.69. The minimum atomic E-state index is -0.146. The Labute approximate surface area is 100 Å². The number of halogens is 1. The highest BCUT2D eigenvalue weighted by molar-refractivity contribution is 6.33.